The molecular weight excluding hydrogens is 320 g/mol. The van der Waals surface area contributed by atoms with Crippen molar-refractivity contribution in [2.45, 2.75) is 24.5 Å². The number of rotatable bonds is 7. The molecule has 0 unspecified atom stereocenters. The van der Waals surface area contributed by atoms with E-state index in [-0.39, 0.29) is 17.3 Å². The Morgan fingerprint density at radius 1 is 1.26 bits per heavy atom. The predicted molar refractivity (Wildman–Crippen MR) is 83.3 cm³/mol. The summed E-state index contributed by atoms with van der Waals surface area (Å²) < 4.78 is 37.2. The van der Waals surface area contributed by atoms with Gasteiger partial charge in [-0.2, -0.15) is 0 Å². The van der Waals surface area contributed by atoms with E-state index in [9.17, 15) is 13.2 Å². The standard InChI is InChI=1S/C15H18N2O5S/c1-11(15(18)16-2)22-12-5-7-14(8-6-12)23(19,20)17-10-13-4-3-9-21-13/h3-9,11,17H,10H2,1-2H3,(H,16,18)/t11-/m0/s1. The van der Waals surface area contributed by atoms with Crippen molar-refractivity contribution in [2.24, 2.45) is 0 Å². The van der Waals surface area contributed by atoms with Gasteiger partial charge in [-0.25, -0.2) is 13.1 Å². The first-order valence-electron chi connectivity index (χ1n) is 6.93. The molecule has 2 N–H and O–H groups in total. The minimum Gasteiger partial charge on any atom is -0.481 e. The van der Waals surface area contributed by atoms with Crippen LogP contribution in [0.15, 0.2) is 52.0 Å². The molecule has 124 valence electrons. The van der Waals surface area contributed by atoms with Gasteiger partial charge in [0, 0.05) is 7.05 Å². The molecule has 1 heterocycles. The molecule has 2 rings (SSSR count). The van der Waals surface area contributed by atoms with Gasteiger partial charge >= 0.3 is 0 Å². The number of sulfonamides is 1. The lowest BCUT2D eigenvalue weighted by molar-refractivity contribution is -0.126. The third-order valence-corrected chi connectivity index (χ3v) is 4.50. The summed E-state index contributed by atoms with van der Waals surface area (Å²) in [5.41, 5.74) is 0. The quantitative estimate of drug-likeness (QED) is 0.792. The number of hydrogen-bond acceptors (Lipinski definition) is 5. The van der Waals surface area contributed by atoms with E-state index in [4.69, 9.17) is 9.15 Å². The van der Waals surface area contributed by atoms with Gasteiger partial charge in [0.1, 0.15) is 11.5 Å². The van der Waals surface area contributed by atoms with Crippen molar-refractivity contribution in [3.8, 4) is 5.75 Å². The van der Waals surface area contributed by atoms with Gasteiger partial charge in [-0.05, 0) is 43.3 Å². The van der Waals surface area contributed by atoms with Gasteiger partial charge in [0.25, 0.3) is 5.91 Å². The maximum Gasteiger partial charge on any atom is 0.260 e. The summed E-state index contributed by atoms with van der Waals surface area (Å²) in [7, 11) is -2.13. The van der Waals surface area contributed by atoms with Crippen LogP contribution in [-0.2, 0) is 21.4 Å². The van der Waals surface area contributed by atoms with Gasteiger partial charge in [0.2, 0.25) is 10.0 Å². The Morgan fingerprint density at radius 2 is 1.96 bits per heavy atom. The van der Waals surface area contributed by atoms with Gasteiger partial charge in [0.15, 0.2) is 6.10 Å². The zero-order chi connectivity index (χ0) is 16.9. The average Bonchev–Trinajstić information content (AvgIpc) is 3.06. The molecule has 1 aromatic heterocycles. The summed E-state index contributed by atoms with van der Waals surface area (Å²) in [6.07, 6.45) is 0.808. The van der Waals surface area contributed by atoms with Crippen molar-refractivity contribution in [3.63, 3.8) is 0 Å². The Morgan fingerprint density at radius 3 is 2.52 bits per heavy atom. The molecule has 0 fully saturated rings. The van der Waals surface area contributed by atoms with Crippen molar-refractivity contribution in [1.29, 1.82) is 0 Å². The maximum absolute atomic E-state index is 12.2. The fourth-order valence-electron chi connectivity index (χ4n) is 1.82. The number of furan rings is 1. The molecule has 1 atom stereocenters. The Kier molecular flexibility index (Phi) is 5.41. The molecule has 0 aliphatic rings. The van der Waals surface area contributed by atoms with E-state index >= 15 is 0 Å². The highest BCUT2D eigenvalue weighted by molar-refractivity contribution is 7.89. The number of carbonyl (C=O) groups is 1. The number of amides is 1. The minimum atomic E-state index is -3.65. The third-order valence-electron chi connectivity index (χ3n) is 3.08. The first kappa shape index (κ1) is 17.0. The normalized spacial score (nSPS) is 12.6. The highest BCUT2D eigenvalue weighted by Crippen LogP contribution is 2.17. The van der Waals surface area contributed by atoms with E-state index in [1.165, 1.54) is 37.6 Å². The number of nitrogens with one attached hydrogen (secondary N) is 2. The molecule has 7 nitrogen and oxygen atoms in total. The summed E-state index contributed by atoms with van der Waals surface area (Å²) in [6, 6.07) is 9.19. The van der Waals surface area contributed by atoms with Crippen molar-refractivity contribution in [2.75, 3.05) is 7.05 Å². The van der Waals surface area contributed by atoms with Crippen LogP contribution in [0, 0.1) is 0 Å². The molecule has 1 aromatic carbocycles. The van der Waals surface area contributed by atoms with Crippen LogP contribution in [0.25, 0.3) is 0 Å². The molecule has 0 aliphatic carbocycles. The van der Waals surface area contributed by atoms with Crippen molar-refractivity contribution in [1.82, 2.24) is 10.0 Å². The minimum absolute atomic E-state index is 0.0707. The molecular formula is C15H18N2O5S. The molecule has 23 heavy (non-hydrogen) atoms. The number of benzene rings is 1. The van der Waals surface area contributed by atoms with E-state index in [1.807, 2.05) is 0 Å². The number of ether oxygens (including phenoxy) is 1. The van der Waals surface area contributed by atoms with Crippen LogP contribution >= 0.6 is 0 Å². The number of hydrogen-bond donors (Lipinski definition) is 2. The van der Waals surface area contributed by atoms with Gasteiger partial charge in [0.05, 0.1) is 17.7 Å². The van der Waals surface area contributed by atoms with E-state index < -0.39 is 16.1 Å². The fraction of sp³-hybridized carbons (Fsp3) is 0.267. The summed E-state index contributed by atoms with van der Waals surface area (Å²) in [5.74, 6) is 0.667. The molecule has 0 spiro atoms. The lowest BCUT2D eigenvalue weighted by Crippen LogP contribution is -2.33. The van der Waals surface area contributed by atoms with Crippen LogP contribution < -0.4 is 14.8 Å². The molecule has 0 radical (unpaired) electrons. The number of carbonyl (C=O) groups excluding carboxylic acids is 1. The van der Waals surface area contributed by atoms with Crippen LogP contribution in [0.2, 0.25) is 0 Å². The van der Waals surface area contributed by atoms with Crippen molar-refractivity contribution >= 4 is 15.9 Å². The lowest BCUT2D eigenvalue weighted by atomic mass is 10.3. The van der Waals surface area contributed by atoms with Crippen molar-refractivity contribution < 1.29 is 22.4 Å². The monoisotopic (exact) mass is 338 g/mol. The fourth-order valence-corrected chi connectivity index (χ4v) is 2.81. The van der Waals surface area contributed by atoms with Gasteiger partial charge in [-0.15, -0.1) is 0 Å². The first-order valence-corrected chi connectivity index (χ1v) is 8.41. The van der Waals surface area contributed by atoms with E-state index in [0.717, 1.165) is 0 Å². The van der Waals surface area contributed by atoms with Crippen LogP contribution in [0.4, 0.5) is 0 Å². The van der Waals surface area contributed by atoms with Crippen LogP contribution in [0.3, 0.4) is 0 Å². The predicted octanol–water partition coefficient (Wildman–Crippen LogP) is 1.27. The Labute approximate surface area is 134 Å². The Hall–Kier alpha value is -2.32. The summed E-state index contributed by atoms with van der Waals surface area (Å²) in [6.45, 7) is 1.68. The Bertz CT molecular complexity index is 739. The Balaban J connectivity index is 2.01. The van der Waals surface area contributed by atoms with E-state index in [0.29, 0.717) is 11.5 Å². The summed E-state index contributed by atoms with van der Waals surface area (Å²) >= 11 is 0. The van der Waals surface area contributed by atoms with Gasteiger partial charge < -0.3 is 14.5 Å². The molecule has 1 amide bonds. The summed E-state index contributed by atoms with van der Waals surface area (Å²) in [5, 5.41) is 2.47. The topological polar surface area (TPSA) is 97.6 Å². The third kappa shape index (κ3) is 4.57. The van der Waals surface area contributed by atoms with Crippen LogP contribution in [-0.4, -0.2) is 27.5 Å². The SMILES string of the molecule is CNC(=O)[C@H](C)Oc1ccc(S(=O)(=O)NCc2ccco2)cc1. The summed E-state index contributed by atoms with van der Waals surface area (Å²) in [4.78, 5) is 11.5. The molecule has 0 aliphatic heterocycles. The molecule has 8 heteroatoms. The first-order chi connectivity index (χ1) is 10.9. The molecule has 0 bridgehead atoms. The maximum atomic E-state index is 12.2. The van der Waals surface area contributed by atoms with Gasteiger partial charge in [-0.3, -0.25) is 4.79 Å². The lowest BCUT2D eigenvalue weighted by Gasteiger charge is -2.13. The highest BCUT2D eigenvalue weighted by Gasteiger charge is 2.16. The molecule has 0 saturated carbocycles. The van der Waals surface area contributed by atoms with Crippen molar-refractivity contribution in [3.05, 3.63) is 48.4 Å². The molecule has 2 aromatic rings. The van der Waals surface area contributed by atoms with E-state index in [1.54, 1.807) is 19.1 Å². The zero-order valence-corrected chi connectivity index (χ0v) is 13.6. The largest absolute Gasteiger partial charge is 0.481 e. The van der Waals surface area contributed by atoms with E-state index in [2.05, 4.69) is 10.0 Å². The zero-order valence-electron chi connectivity index (χ0n) is 12.8. The second-order valence-corrected chi connectivity index (χ2v) is 6.52. The average molecular weight is 338 g/mol. The second-order valence-electron chi connectivity index (χ2n) is 4.75. The highest BCUT2D eigenvalue weighted by atomic mass is 32.2. The van der Waals surface area contributed by atoms with Gasteiger partial charge in [-0.1, -0.05) is 0 Å². The molecule has 0 saturated heterocycles. The number of likely N-dealkylation sites (N-methyl/N-ethyl adjacent to an activating group) is 1. The van der Waals surface area contributed by atoms with Crippen LogP contribution in [0.1, 0.15) is 12.7 Å². The smallest absolute Gasteiger partial charge is 0.260 e. The van der Waals surface area contributed by atoms with Crippen LogP contribution in [0.5, 0.6) is 5.75 Å². The second kappa shape index (κ2) is 7.30.